The number of nitrogens with two attached hydrogens (primary N) is 1. The zero-order valence-electron chi connectivity index (χ0n) is 10.2. The van der Waals surface area contributed by atoms with E-state index in [-0.39, 0.29) is 11.7 Å². The van der Waals surface area contributed by atoms with Crippen molar-refractivity contribution in [3.8, 4) is 0 Å². The Hall–Kier alpha value is -2.40. The van der Waals surface area contributed by atoms with Gasteiger partial charge in [0.05, 0.1) is 0 Å². The van der Waals surface area contributed by atoms with Crippen molar-refractivity contribution < 1.29 is 9.18 Å². The van der Waals surface area contributed by atoms with Crippen LogP contribution in [0.25, 0.3) is 0 Å². The summed E-state index contributed by atoms with van der Waals surface area (Å²) in [6.07, 6.45) is 0. The summed E-state index contributed by atoms with van der Waals surface area (Å²) in [5, 5.41) is 3.18. The molecule has 0 saturated carbocycles. The van der Waals surface area contributed by atoms with Crippen LogP contribution in [0.3, 0.4) is 0 Å². The van der Waals surface area contributed by atoms with Gasteiger partial charge in [-0.25, -0.2) is 10.2 Å². The normalized spacial score (nSPS) is 10.0. The molecule has 0 spiro atoms. The van der Waals surface area contributed by atoms with E-state index < -0.39 is 0 Å². The number of carbonyl (C=O) groups excluding carboxylic acids is 1. The van der Waals surface area contributed by atoms with Gasteiger partial charge in [-0.05, 0) is 42.0 Å². The number of amides is 1. The maximum absolute atomic E-state index is 12.7. The number of nitrogens with one attached hydrogen (secondary N) is 2. The van der Waals surface area contributed by atoms with Crippen molar-refractivity contribution in [3.63, 3.8) is 0 Å². The Labute approximate surface area is 110 Å². The number of hydrogen-bond donors (Lipinski definition) is 3. The molecule has 1 amide bonds. The lowest BCUT2D eigenvalue weighted by Gasteiger charge is -2.07. The summed E-state index contributed by atoms with van der Waals surface area (Å²) in [5.41, 5.74) is 4.41. The molecule has 2 rings (SSSR count). The average Bonchev–Trinajstić information content (AvgIpc) is 2.46. The predicted octanol–water partition coefficient (Wildman–Crippen LogP) is 2.04. The molecule has 0 aliphatic carbocycles. The average molecular weight is 259 g/mol. The molecule has 4 nitrogen and oxygen atoms in total. The van der Waals surface area contributed by atoms with Crippen molar-refractivity contribution in [1.82, 2.24) is 5.43 Å². The molecule has 0 radical (unpaired) electrons. The van der Waals surface area contributed by atoms with E-state index in [9.17, 15) is 9.18 Å². The van der Waals surface area contributed by atoms with Gasteiger partial charge in [0.25, 0.3) is 5.91 Å². The van der Waals surface area contributed by atoms with Gasteiger partial charge in [0, 0.05) is 17.8 Å². The van der Waals surface area contributed by atoms with E-state index in [1.54, 1.807) is 36.4 Å². The van der Waals surface area contributed by atoms with E-state index in [0.29, 0.717) is 12.1 Å². The number of nitrogen functional groups attached to an aromatic ring is 1. The molecule has 2 aromatic carbocycles. The van der Waals surface area contributed by atoms with Gasteiger partial charge in [-0.2, -0.15) is 0 Å². The van der Waals surface area contributed by atoms with Crippen LogP contribution in [0, 0.1) is 5.82 Å². The van der Waals surface area contributed by atoms with E-state index in [1.807, 2.05) is 0 Å². The summed E-state index contributed by atoms with van der Waals surface area (Å²) in [5.74, 6) is 4.47. The number of halogens is 1. The van der Waals surface area contributed by atoms with Crippen molar-refractivity contribution >= 4 is 11.6 Å². The van der Waals surface area contributed by atoms with Crippen LogP contribution in [0.2, 0.25) is 0 Å². The molecular weight excluding hydrogens is 245 g/mol. The quantitative estimate of drug-likeness (QED) is 0.447. The van der Waals surface area contributed by atoms with Gasteiger partial charge in [-0.15, -0.1) is 0 Å². The summed E-state index contributed by atoms with van der Waals surface area (Å²) in [6.45, 7) is 0.586. The van der Waals surface area contributed by atoms with Crippen LogP contribution in [0.4, 0.5) is 10.1 Å². The Bertz CT molecular complexity index is 552. The van der Waals surface area contributed by atoms with Crippen molar-refractivity contribution in [2.45, 2.75) is 6.54 Å². The first kappa shape index (κ1) is 13.0. The first-order valence-electron chi connectivity index (χ1n) is 5.78. The van der Waals surface area contributed by atoms with Crippen LogP contribution in [-0.4, -0.2) is 5.91 Å². The second kappa shape index (κ2) is 5.97. The Kier molecular flexibility index (Phi) is 4.10. The second-order valence-corrected chi connectivity index (χ2v) is 4.03. The Morgan fingerprint density at radius 1 is 1.05 bits per heavy atom. The van der Waals surface area contributed by atoms with Crippen LogP contribution < -0.4 is 16.6 Å². The minimum absolute atomic E-state index is 0.249. The highest BCUT2D eigenvalue weighted by atomic mass is 19.1. The minimum atomic E-state index is -0.329. The van der Waals surface area contributed by atoms with Gasteiger partial charge < -0.3 is 5.32 Å². The lowest BCUT2D eigenvalue weighted by Crippen LogP contribution is -2.29. The molecule has 0 saturated heterocycles. The van der Waals surface area contributed by atoms with Crippen LogP contribution in [0.5, 0.6) is 0 Å². The fourth-order valence-corrected chi connectivity index (χ4v) is 1.63. The van der Waals surface area contributed by atoms with Gasteiger partial charge in [-0.3, -0.25) is 10.2 Å². The Morgan fingerprint density at radius 2 is 1.68 bits per heavy atom. The molecule has 0 bridgehead atoms. The highest BCUT2D eigenvalue weighted by Gasteiger charge is 2.02. The molecule has 2 aromatic rings. The smallest absolute Gasteiger partial charge is 0.265 e. The maximum atomic E-state index is 12.7. The highest BCUT2D eigenvalue weighted by Crippen LogP contribution is 2.11. The molecular formula is C14H14FN3O. The van der Waals surface area contributed by atoms with Gasteiger partial charge >= 0.3 is 0 Å². The molecule has 0 aliphatic rings. The number of rotatable bonds is 4. The summed E-state index contributed by atoms with van der Waals surface area (Å²) in [4.78, 5) is 11.2. The monoisotopic (exact) mass is 259 g/mol. The van der Waals surface area contributed by atoms with Gasteiger partial charge in [0.1, 0.15) is 5.82 Å². The van der Waals surface area contributed by atoms with Crippen molar-refractivity contribution in [2.75, 3.05) is 5.32 Å². The SMILES string of the molecule is NNC(=O)c1ccc(NCc2ccc(F)cc2)cc1. The molecule has 0 fully saturated rings. The number of carbonyl (C=O) groups is 1. The molecule has 0 unspecified atom stereocenters. The molecule has 4 N–H and O–H groups in total. The first-order chi connectivity index (χ1) is 9.19. The number of hydrazine groups is 1. The zero-order chi connectivity index (χ0) is 13.7. The van der Waals surface area contributed by atoms with E-state index in [0.717, 1.165) is 11.3 Å². The minimum Gasteiger partial charge on any atom is -0.381 e. The Morgan fingerprint density at radius 3 is 2.26 bits per heavy atom. The van der Waals surface area contributed by atoms with E-state index >= 15 is 0 Å². The van der Waals surface area contributed by atoms with E-state index in [2.05, 4.69) is 10.7 Å². The standard InChI is InChI=1S/C14H14FN3O/c15-12-5-1-10(2-6-12)9-17-13-7-3-11(4-8-13)14(19)18-16/h1-8,17H,9,16H2,(H,18,19). The Balaban J connectivity index is 1.96. The summed E-state index contributed by atoms with van der Waals surface area (Å²) >= 11 is 0. The maximum Gasteiger partial charge on any atom is 0.265 e. The number of hydrogen-bond acceptors (Lipinski definition) is 3. The van der Waals surface area contributed by atoms with Gasteiger partial charge in [-0.1, -0.05) is 12.1 Å². The highest BCUT2D eigenvalue weighted by molar-refractivity contribution is 5.94. The topological polar surface area (TPSA) is 67.1 Å². The van der Waals surface area contributed by atoms with Crippen LogP contribution in [-0.2, 0) is 6.54 Å². The van der Waals surface area contributed by atoms with E-state index in [4.69, 9.17) is 5.84 Å². The predicted molar refractivity (Wildman–Crippen MR) is 71.8 cm³/mol. The second-order valence-electron chi connectivity index (χ2n) is 4.03. The van der Waals surface area contributed by atoms with Crippen molar-refractivity contribution in [2.24, 2.45) is 5.84 Å². The van der Waals surface area contributed by atoms with Crippen LogP contribution in [0.15, 0.2) is 48.5 Å². The van der Waals surface area contributed by atoms with E-state index in [1.165, 1.54) is 12.1 Å². The van der Waals surface area contributed by atoms with Crippen LogP contribution >= 0.6 is 0 Å². The summed E-state index contributed by atoms with van der Waals surface area (Å²) in [6, 6.07) is 13.2. The summed E-state index contributed by atoms with van der Waals surface area (Å²) < 4.78 is 12.7. The summed E-state index contributed by atoms with van der Waals surface area (Å²) in [7, 11) is 0. The van der Waals surface area contributed by atoms with Gasteiger partial charge in [0.15, 0.2) is 0 Å². The zero-order valence-corrected chi connectivity index (χ0v) is 10.2. The third-order valence-electron chi connectivity index (χ3n) is 2.69. The molecule has 98 valence electrons. The third kappa shape index (κ3) is 3.53. The first-order valence-corrected chi connectivity index (χ1v) is 5.78. The molecule has 0 atom stereocenters. The molecule has 19 heavy (non-hydrogen) atoms. The number of benzene rings is 2. The third-order valence-corrected chi connectivity index (χ3v) is 2.69. The molecule has 0 heterocycles. The largest absolute Gasteiger partial charge is 0.381 e. The molecule has 0 aromatic heterocycles. The van der Waals surface area contributed by atoms with Crippen molar-refractivity contribution in [1.29, 1.82) is 0 Å². The molecule has 0 aliphatic heterocycles. The van der Waals surface area contributed by atoms with Crippen molar-refractivity contribution in [3.05, 3.63) is 65.5 Å². The van der Waals surface area contributed by atoms with Gasteiger partial charge in [0.2, 0.25) is 0 Å². The fraction of sp³-hybridized carbons (Fsp3) is 0.0714. The van der Waals surface area contributed by atoms with Crippen LogP contribution in [0.1, 0.15) is 15.9 Å². The fourth-order valence-electron chi connectivity index (χ4n) is 1.63. The molecule has 5 heteroatoms. The lowest BCUT2D eigenvalue weighted by molar-refractivity contribution is 0.0953. The number of anilines is 1. The lowest BCUT2D eigenvalue weighted by atomic mass is 10.2.